The van der Waals surface area contributed by atoms with Crippen LogP contribution in [0.25, 0.3) is 6.08 Å². The SMILES string of the molecule is C=CC=N/C=C/c1ccc(C(=O)Nc2ccccc2C(=O)OC2CCC2)nn1. The summed E-state index contributed by atoms with van der Waals surface area (Å²) in [7, 11) is 0. The van der Waals surface area contributed by atoms with E-state index < -0.39 is 11.9 Å². The van der Waals surface area contributed by atoms with Crippen molar-refractivity contribution in [2.75, 3.05) is 5.32 Å². The Balaban J connectivity index is 1.67. The molecule has 0 unspecified atom stereocenters. The fourth-order valence-corrected chi connectivity index (χ4v) is 2.44. The van der Waals surface area contributed by atoms with Gasteiger partial charge in [0, 0.05) is 12.4 Å². The van der Waals surface area contributed by atoms with Crippen molar-refractivity contribution in [2.24, 2.45) is 4.99 Å². The van der Waals surface area contributed by atoms with Crippen LogP contribution >= 0.6 is 0 Å². The number of aromatic nitrogens is 2. The molecule has 0 bridgehead atoms. The van der Waals surface area contributed by atoms with Crippen LogP contribution in [-0.2, 0) is 4.74 Å². The third-order valence-corrected chi connectivity index (χ3v) is 4.16. The van der Waals surface area contributed by atoms with Crippen molar-refractivity contribution in [2.45, 2.75) is 25.4 Å². The van der Waals surface area contributed by atoms with Crippen LogP contribution in [0.5, 0.6) is 0 Å². The van der Waals surface area contributed by atoms with Crippen molar-refractivity contribution >= 4 is 29.9 Å². The number of hydrogen-bond acceptors (Lipinski definition) is 6. The monoisotopic (exact) mass is 376 g/mol. The van der Waals surface area contributed by atoms with Crippen LogP contribution in [0.3, 0.4) is 0 Å². The molecule has 0 saturated heterocycles. The van der Waals surface area contributed by atoms with Crippen molar-refractivity contribution in [3.8, 4) is 0 Å². The summed E-state index contributed by atoms with van der Waals surface area (Å²) in [6.45, 7) is 3.52. The minimum Gasteiger partial charge on any atom is -0.459 e. The molecule has 142 valence electrons. The van der Waals surface area contributed by atoms with Crippen LogP contribution in [0.2, 0.25) is 0 Å². The van der Waals surface area contributed by atoms with E-state index in [1.54, 1.807) is 61.0 Å². The van der Waals surface area contributed by atoms with Crippen LogP contribution in [0, 0.1) is 0 Å². The molecule has 1 heterocycles. The van der Waals surface area contributed by atoms with Gasteiger partial charge in [0.05, 0.1) is 16.9 Å². The van der Waals surface area contributed by atoms with Gasteiger partial charge >= 0.3 is 5.97 Å². The molecule has 0 atom stereocenters. The van der Waals surface area contributed by atoms with E-state index in [9.17, 15) is 9.59 Å². The minimum atomic E-state index is -0.461. The number of allylic oxidation sites excluding steroid dienone is 1. The van der Waals surface area contributed by atoms with Gasteiger partial charge in [0.25, 0.3) is 5.91 Å². The zero-order valence-corrected chi connectivity index (χ0v) is 15.2. The Morgan fingerprint density at radius 2 is 2.00 bits per heavy atom. The fraction of sp³-hybridized carbons (Fsp3) is 0.190. The van der Waals surface area contributed by atoms with E-state index in [1.807, 2.05) is 0 Å². The van der Waals surface area contributed by atoms with Gasteiger partial charge in [-0.05, 0) is 49.6 Å². The molecule has 1 aromatic heterocycles. The van der Waals surface area contributed by atoms with Gasteiger partial charge in [0.1, 0.15) is 6.10 Å². The van der Waals surface area contributed by atoms with E-state index in [4.69, 9.17) is 4.74 Å². The first-order valence-corrected chi connectivity index (χ1v) is 8.93. The number of para-hydroxylation sites is 1. The third-order valence-electron chi connectivity index (χ3n) is 4.16. The van der Waals surface area contributed by atoms with E-state index in [2.05, 4.69) is 27.1 Å². The summed E-state index contributed by atoms with van der Waals surface area (Å²) < 4.78 is 5.43. The van der Waals surface area contributed by atoms with Gasteiger partial charge in [-0.3, -0.25) is 9.79 Å². The molecule has 3 rings (SSSR count). The molecule has 1 aromatic carbocycles. The number of hydrogen-bond donors (Lipinski definition) is 1. The summed E-state index contributed by atoms with van der Waals surface area (Å²) >= 11 is 0. The summed E-state index contributed by atoms with van der Waals surface area (Å²) in [6.07, 6.45) is 9.11. The number of nitrogens with zero attached hydrogens (tertiary/aromatic N) is 3. The van der Waals surface area contributed by atoms with Gasteiger partial charge in [-0.15, -0.1) is 5.10 Å². The lowest BCUT2D eigenvalue weighted by molar-refractivity contribution is 0.00912. The lowest BCUT2D eigenvalue weighted by Gasteiger charge is -2.25. The van der Waals surface area contributed by atoms with Gasteiger partial charge in [-0.2, -0.15) is 5.10 Å². The van der Waals surface area contributed by atoms with Crippen LogP contribution < -0.4 is 5.32 Å². The normalized spacial score (nSPS) is 14.0. The largest absolute Gasteiger partial charge is 0.459 e. The minimum absolute atomic E-state index is 0.0291. The van der Waals surface area contributed by atoms with Gasteiger partial charge in [-0.25, -0.2) is 4.79 Å². The number of aliphatic imine (C=N–C) groups is 1. The topological polar surface area (TPSA) is 93.5 Å². The molecule has 7 nitrogen and oxygen atoms in total. The third kappa shape index (κ3) is 4.97. The molecule has 1 fully saturated rings. The van der Waals surface area contributed by atoms with E-state index in [1.165, 1.54) is 0 Å². The Labute approximate surface area is 162 Å². The van der Waals surface area contributed by atoms with E-state index >= 15 is 0 Å². The van der Waals surface area contributed by atoms with Crippen LogP contribution in [-0.4, -0.2) is 34.4 Å². The second kappa shape index (κ2) is 9.36. The van der Waals surface area contributed by atoms with E-state index in [-0.39, 0.29) is 11.8 Å². The maximum Gasteiger partial charge on any atom is 0.340 e. The van der Waals surface area contributed by atoms with Crippen molar-refractivity contribution in [1.82, 2.24) is 10.2 Å². The van der Waals surface area contributed by atoms with Gasteiger partial charge in [-0.1, -0.05) is 24.8 Å². The molecular formula is C21H20N4O3. The van der Waals surface area contributed by atoms with Crippen LogP contribution in [0.4, 0.5) is 5.69 Å². The second-order valence-corrected chi connectivity index (χ2v) is 6.15. The molecule has 1 aliphatic carbocycles. The lowest BCUT2D eigenvalue weighted by Crippen LogP contribution is -2.26. The van der Waals surface area contributed by atoms with Crippen molar-refractivity contribution in [3.63, 3.8) is 0 Å². The fourth-order valence-electron chi connectivity index (χ4n) is 2.44. The summed E-state index contributed by atoms with van der Waals surface area (Å²) in [5.74, 6) is -0.899. The smallest absolute Gasteiger partial charge is 0.340 e. The quantitative estimate of drug-likeness (QED) is 0.588. The molecule has 0 spiro atoms. The zero-order chi connectivity index (χ0) is 19.8. The first kappa shape index (κ1) is 19.2. The Bertz CT molecular complexity index is 916. The van der Waals surface area contributed by atoms with Gasteiger partial charge in [0.15, 0.2) is 5.69 Å². The zero-order valence-electron chi connectivity index (χ0n) is 15.2. The van der Waals surface area contributed by atoms with Crippen molar-refractivity contribution in [3.05, 3.63) is 72.2 Å². The number of nitrogens with one attached hydrogen (secondary N) is 1. The predicted octanol–water partition coefficient (Wildman–Crippen LogP) is 3.67. The second-order valence-electron chi connectivity index (χ2n) is 6.15. The Hall–Kier alpha value is -3.61. The average Bonchev–Trinajstić information content (AvgIpc) is 2.69. The van der Waals surface area contributed by atoms with Gasteiger partial charge in [0.2, 0.25) is 0 Å². The number of carbonyl (C=O) groups is 2. The first-order valence-electron chi connectivity index (χ1n) is 8.93. The highest BCUT2D eigenvalue weighted by atomic mass is 16.5. The summed E-state index contributed by atoms with van der Waals surface area (Å²) in [5, 5.41) is 10.6. The number of ether oxygens (including phenoxy) is 1. The number of rotatable bonds is 7. The molecule has 1 saturated carbocycles. The Morgan fingerprint density at radius 1 is 1.18 bits per heavy atom. The Morgan fingerprint density at radius 3 is 2.68 bits per heavy atom. The summed E-state index contributed by atoms with van der Waals surface area (Å²) in [5.41, 5.74) is 1.38. The molecule has 28 heavy (non-hydrogen) atoms. The van der Waals surface area contributed by atoms with Crippen molar-refractivity contribution < 1.29 is 14.3 Å². The molecule has 0 radical (unpaired) electrons. The van der Waals surface area contributed by atoms with E-state index in [0.717, 1.165) is 19.3 Å². The van der Waals surface area contributed by atoms with Crippen molar-refractivity contribution in [1.29, 1.82) is 0 Å². The highest BCUT2D eigenvalue weighted by Gasteiger charge is 2.24. The number of carbonyl (C=O) groups excluding carboxylic acids is 2. The molecule has 1 aliphatic rings. The molecule has 1 N–H and O–H groups in total. The number of esters is 1. The first-order chi connectivity index (χ1) is 13.7. The number of amides is 1. The maximum atomic E-state index is 12.5. The molecule has 0 aliphatic heterocycles. The average molecular weight is 376 g/mol. The van der Waals surface area contributed by atoms with E-state index in [0.29, 0.717) is 16.9 Å². The molecular weight excluding hydrogens is 356 g/mol. The highest BCUT2D eigenvalue weighted by Crippen LogP contribution is 2.25. The number of anilines is 1. The molecule has 1 amide bonds. The standard InChI is InChI=1S/C21H20N4O3/c1-2-13-22-14-12-15-10-11-19(25-24-15)20(26)23-18-9-4-3-8-17(18)21(27)28-16-6-5-7-16/h2-4,8-14,16H,1,5-7H2,(H,23,26)/b14-12+,22-13?. The van der Waals surface area contributed by atoms with Gasteiger partial charge < -0.3 is 10.1 Å². The summed E-state index contributed by atoms with van der Waals surface area (Å²) in [4.78, 5) is 28.8. The van der Waals surface area contributed by atoms with Crippen LogP contribution in [0.15, 0.2) is 60.2 Å². The Kier molecular flexibility index (Phi) is 6.41. The van der Waals surface area contributed by atoms with Crippen LogP contribution in [0.1, 0.15) is 45.8 Å². The maximum absolute atomic E-state index is 12.5. The highest BCUT2D eigenvalue weighted by molar-refractivity contribution is 6.07. The number of benzene rings is 1. The summed E-state index contributed by atoms with van der Waals surface area (Å²) in [6, 6.07) is 9.94. The predicted molar refractivity (Wildman–Crippen MR) is 107 cm³/mol. The molecule has 7 heteroatoms. The lowest BCUT2D eigenvalue weighted by atomic mass is 9.96. The molecule has 2 aromatic rings.